The van der Waals surface area contributed by atoms with E-state index >= 15 is 0 Å². The smallest absolute Gasteiger partial charge is 1.00 e. The Bertz CT molecular complexity index is 201. The van der Waals surface area contributed by atoms with Gasteiger partial charge >= 0.3 is 78.3 Å². The van der Waals surface area contributed by atoms with Crippen LogP contribution in [0.4, 0.5) is 0 Å². The summed E-state index contributed by atoms with van der Waals surface area (Å²) in [5.74, 6) is 0. The first kappa shape index (κ1) is 19.8. The van der Waals surface area contributed by atoms with E-state index in [0.717, 1.165) is 0 Å². The van der Waals surface area contributed by atoms with Gasteiger partial charge in [0, 0.05) is 0 Å². The number of hydrogen-bond donors (Lipinski definition) is 0. The van der Waals surface area contributed by atoms with Crippen LogP contribution in [0, 0.1) is 5.41 Å². The fourth-order valence-corrected chi connectivity index (χ4v) is 2.62. The second-order valence-corrected chi connectivity index (χ2v) is 5.23. The van der Waals surface area contributed by atoms with Gasteiger partial charge in [-0.2, -0.15) is 0 Å². The van der Waals surface area contributed by atoms with Crippen LogP contribution in [-0.4, -0.2) is 0 Å². The third kappa shape index (κ3) is 5.62. The Balaban J connectivity index is -0.000000333. The normalized spacial score (nSPS) is 14.5. The molecule has 0 heterocycles. The van der Waals surface area contributed by atoms with Crippen molar-refractivity contribution in [2.75, 3.05) is 0 Å². The first-order chi connectivity index (χ1) is 4.52. The molecule has 0 unspecified atom stereocenters. The molecule has 0 amide bonds. The molecule has 0 aliphatic heterocycles. The minimum atomic E-state index is 0. The van der Waals surface area contributed by atoms with Gasteiger partial charge < -0.3 is 37.2 Å². The van der Waals surface area contributed by atoms with Crippen molar-refractivity contribution >= 4 is 0 Å². The molecule has 1 rings (SSSR count). The number of hydrogen-bond acceptors (Lipinski definition) is 0. The monoisotopic (exact) mass is 316 g/mol. The van der Waals surface area contributed by atoms with Crippen LogP contribution in [-0.2, 0) is 24.7 Å². The molecule has 0 N–H and O–H groups in total. The molecule has 0 saturated carbocycles. The molecule has 0 aromatic carbocycles. The van der Waals surface area contributed by atoms with Crippen LogP contribution in [0.3, 0.4) is 0 Å². The molecule has 0 fully saturated rings. The first-order valence-electron chi connectivity index (χ1n) is 3.63. The maximum atomic E-state index is 2.28. The third-order valence-corrected chi connectivity index (χ3v) is 2.90. The molecule has 1 aliphatic rings. The van der Waals surface area contributed by atoms with Crippen molar-refractivity contribution in [3.63, 3.8) is 0 Å². The number of rotatable bonds is 0. The third-order valence-electron chi connectivity index (χ3n) is 1.74. The SMILES string of the molecule is CC(C)(C)C1=[C]([Zr+3])CC=C1.[Cl-].[Cl-].[Cl-]. The number of halogens is 3. The van der Waals surface area contributed by atoms with Crippen LogP contribution in [0.5, 0.6) is 0 Å². The van der Waals surface area contributed by atoms with Gasteiger partial charge in [0.2, 0.25) is 0 Å². The average molecular weight is 319 g/mol. The van der Waals surface area contributed by atoms with Crippen molar-refractivity contribution in [2.24, 2.45) is 5.41 Å². The average Bonchev–Trinajstić information content (AvgIpc) is 2.11. The number of allylic oxidation sites excluding steroid dienone is 4. The quantitative estimate of drug-likeness (QED) is 0.417. The van der Waals surface area contributed by atoms with Crippen molar-refractivity contribution in [3.8, 4) is 0 Å². The van der Waals surface area contributed by atoms with Crippen molar-refractivity contribution in [2.45, 2.75) is 27.2 Å². The van der Waals surface area contributed by atoms with Gasteiger partial charge in [0.1, 0.15) is 0 Å². The van der Waals surface area contributed by atoms with E-state index in [0.29, 0.717) is 5.41 Å². The Morgan fingerprint density at radius 3 is 1.77 bits per heavy atom. The molecular formula is C9H13Cl3Zr. The van der Waals surface area contributed by atoms with Gasteiger partial charge in [-0.25, -0.2) is 0 Å². The zero-order valence-corrected chi connectivity index (χ0v) is 12.7. The van der Waals surface area contributed by atoms with Gasteiger partial charge in [0.05, 0.1) is 0 Å². The topological polar surface area (TPSA) is 0 Å². The minimum Gasteiger partial charge on any atom is -1.00 e. The molecule has 0 radical (unpaired) electrons. The van der Waals surface area contributed by atoms with Crippen LogP contribution in [0.15, 0.2) is 21.0 Å². The van der Waals surface area contributed by atoms with E-state index in [1.807, 2.05) is 0 Å². The van der Waals surface area contributed by atoms with E-state index in [1.165, 1.54) is 6.42 Å². The molecule has 0 bridgehead atoms. The Kier molecular flexibility index (Phi) is 11.4. The molecule has 13 heavy (non-hydrogen) atoms. The van der Waals surface area contributed by atoms with Crippen LogP contribution >= 0.6 is 0 Å². The molecule has 0 spiro atoms. The fraction of sp³-hybridized carbons (Fsp3) is 0.556. The van der Waals surface area contributed by atoms with Gasteiger partial charge in [0.15, 0.2) is 0 Å². The van der Waals surface area contributed by atoms with E-state index in [9.17, 15) is 0 Å². The van der Waals surface area contributed by atoms with Crippen LogP contribution < -0.4 is 37.2 Å². The Morgan fingerprint density at radius 1 is 1.15 bits per heavy atom. The molecule has 0 saturated heterocycles. The van der Waals surface area contributed by atoms with Crippen LogP contribution in [0.25, 0.3) is 0 Å². The van der Waals surface area contributed by atoms with E-state index in [2.05, 4.69) is 32.9 Å². The van der Waals surface area contributed by atoms with E-state index in [1.54, 1.807) is 33.6 Å². The molecule has 0 nitrogen and oxygen atoms in total. The van der Waals surface area contributed by atoms with Crippen molar-refractivity contribution < 1.29 is 61.9 Å². The predicted molar refractivity (Wildman–Crippen MR) is 40.2 cm³/mol. The summed E-state index contributed by atoms with van der Waals surface area (Å²) in [6, 6.07) is 0. The Labute approximate surface area is 115 Å². The zero-order valence-electron chi connectivity index (χ0n) is 8.00. The van der Waals surface area contributed by atoms with E-state index in [-0.39, 0.29) is 37.2 Å². The standard InChI is InChI=1S/C9H13.3ClH.Zr/c1-9(2,3)8-6-4-5-7-8;;;;/h4,6H,5H2,1-3H3;3*1H;/q;;;;+3/p-3. The summed E-state index contributed by atoms with van der Waals surface area (Å²) in [7, 11) is 0. The zero-order chi connectivity index (χ0) is 7.78. The first-order valence-corrected chi connectivity index (χ1v) is 4.86. The van der Waals surface area contributed by atoms with Crippen molar-refractivity contribution in [1.82, 2.24) is 0 Å². The summed E-state index contributed by atoms with van der Waals surface area (Å²) in [4.78, 5) is 0. The summed E-state index contributed by atoms with van der Waals surface area (Å²) >= 11 is 1.58. The summed E-state index contributed by atoms with van der Waals surface area (Å²) in [6.45, 7) is 6.84. The van der Waals surface area contributed by atoms with Crippen molar-refractivity contribution in [3.05, 3.63) is 21.0 Å². The summed E-state index contributed by atoms with van der Waals surface area (Å²) in [5, 5.41) is 0. The Morgan fingerprint density at radius 2 is 1.62 bits per heavy atom. The van der Waals surface area contributed by atoms with Crippen LogP contribution in [0.1, 0.15) is 27.2 Å². The van der Waals surface area contributed by atoms with Gasteiger partial charge in [0.25, 0.3) is 0 Å². The second-order valence-electron chi connectivity index (χ2n) is 3.75. The minimum absolute atomic E-state index is 0. The fourth-order valence-electron chi connectivity index (χ4n) is 1.21. The maximum absolute atomic E-state index is 2.28. The molecule has 0 aromatic heterocycles. The van der Waals surface area contributed by atoms with Gasteiger partial charge in [-0.3, -0.25) is 0 Å². The molecule has 74 valence electrons. The Hall–Kier alpha value is 1.23. The largest absolute Gasteiger partial charge is 1.00 e. The van der Waals surface area contributed by atoms with Gasteiger partial charge in [-0.1, -0.05) is 0 Å². The predicted octanol–water partition coefficient (Wildman–Crippen LogP) is -6.19. The van der Waals surface area contributed by atoms with E-state index < -0.39 is 0 Å². The molecular weight excluding hydrogens is 306 g/mol. The summed E-state index contributed by atoms with van der Waals surface area (Å²) in [5.41, 5.74) is 1.93. The van der Waals surface area contributed by atoms with Gasteiger partial charge in [-0.15, -0.1) is 0 Å². The second kappa shape index (κ2) is 7.52. The van der Waals surface area contributed by atoms with Crippen LogP contribution in [0.2, 0.25) is 0 Å². The molecule has 0 aromatic rings. The van der Waals surface area contributed by atoms with E-state index in [4.69, 9.17) is 0 Å². The maximum Gasteiger partial charge on any atom is -1.00 e. The molecule has 0 atom stereocenters. The molecule has 1 aliphatic carbocycles. The molecule has 4 heteroatoms. The summed E-state index contributed by atoms with van der Waals surface area (Å²) in [6.07, 6.45) is 5.75. The van der Waals surface area contributed by atoms with Crippen molar-refractivity contribution in [1.29, 1.82) is 0 Å². The summed E-state index contributed by atoms with van der Waals surface area (Å²) < 4.78 is 1.62. The van der Waals surface area contributed by atoms with Gasteiger partial charge in [-0.05, 0) is 0 Å².